The summed E-state index contributed by atoms with van der Waals surface area (Å²) >= 11 is 1.22. The summed E-state index contributed by atoms with van der Waals surface area (Å²) in [7, 11) is 1.59. The third-order valence-corrected chi connectivity index (χ3v) is 2.81. The van der Waals surface area contributed by atoms with Gasteiger partial charge in [0.2, 0.25) is 0 Å². The van der Waals surface area contributed by atoms with Crippen molar-refractivity contribution in [2.24, 2.45) is 0 Å². The van der Waals surface area contributed by atoms with E-state index in [2.05, 4.69) is 9.36 Å². The molecule has 0 saturated carbocycles. The molecule has 2 N–H and O–H groups in total. The Hall–Kier alpha value is -1.82. The Labute approximate surface area is 103 Å². The minimum atomic E-state index is 0.499. The number of hydrogen-bond donors (Lipinski definition) is 1. The molecule has 0 aliphatic rings. The van der Waals surface area contributed by atoms with Gasteiger partial charge < -0.3 is 15.2 Å². The number of aryl methyl sites for hydroxylation is 1. The number of ether oxygens (including phenoxy) is 2. The first-order chi connectivity index (χ1) is 8.22. The molecule has 0 bridgehead atoms. The first-order valence-electron chi connectivity index (χ1n) is 5.17. The lowest BCUT2D eigenvalue weighted by molar-refractivity contribution is 0.413. The van der Waals surface area contributed by atoms with E-state index in [9.17, 15) is 0 Å². The van der Waals surface area contributed by atoms with Crippen molar-refractivity contribution in [3.05, 3.63) is 24.0 Å². The van der Waals surface area contributed by atoms with Gasteiger partial charge in [0, 0.05) is 24.0 Å². The third-order valence-electron chi connectivity index (χ3n) is 2.18. The van der Waals surface area contributed by atoms with Gasteiger partial charge >= 0.3 is 0 Å². The average molecular weight is 251 g/mol. The van der Waals surface area contributed by atoms with Gasteiger partial charge in [-0.25, -0.2) is 0 Å². The van der Waals surface area contributed by atoms with Gasteiger partial charge in [-0.15, -0.1) is 0 Å². The standard InChI is InChI=1S/C11H13N3O2S/c1-3-10-13-11(17-14-10)16-9-5-4-7(15-2)6-8(9)12/h4-6H,3,12H2,1-2H3. The summed E-state index contributed by atoms with van der Waals surface area (Å²) in [6.45, 7) is 1.99. The largest absolute Gasteiger partial charge is 0.497 e. The molecular formula is C11H13N3O2S. The van der Waals surface area contributed by atoms with Crippen molar-refractivity contribution in [3.63, 3.8) is 0 Å². The van der Waals surface area contributed by atoms with Crippen LogP contribution in [0.25, 0.3) is 0 Å². The number of anilines is 1. The van der Waals surface area contributed by atoms with Crippen LogP contribution in [0.1, 0.15) is 12.7 Å². The zero-order valence-corrected chi connectivity index (χ0v) is 10.5. The van der Waals surface area contributed by atoms with E-state index in [1.54, 1.807) is 25.3 Å². The van der Waals surface area contributed by atoms with Gasteiger partial charge in [0.15, 0.2) is 5.75 Å². The fraction of sp³-hybridized carbons (Fsp3) is 0.273. The molecule has 0 radical (unpaired) electrons. The van der Waals surface area contributed by atoms with Crippen LogP contribution in [0, 0.1) is 0 Å². The zero-order chi connectivity index (χ0) is 12.3. The smallest absolute Gasteiger partial charge is 0.298 e. The second kappa shape index (κ2) is 5.01. The molecule has 5 nitrogen and oxygen atoms in total. The van der Waals surface area contributed by atoms with Crippen LogP contribution in [0.3, 0.4) is 0 Å². The van der Waals surface area contributed by atoms with Crippen LogP contribution in [0.5, 0.6) is 16.7 Å². The van der Waals surface area contributed by atoms with Gasteiger partial charge in [0.1, 0.15) is 11.6 Å². The number of hydrogen-bond acceptors (Lipinski definition) is 6. The maximum atomic E-state index is 5.84. The van der Waals surface area contributed by atoms with E-state index in [4.69, 9.17) is 15.2 Å². The molecule has 1 heterocycles. The fourth-order valence-corrected chi connectivity index (χ4v) is 1.89. The minimum absolute atomic E-state index is 0.499. The summed E-state index contributed by atoms with van der Waals surface area (Å²) < 4.78 is 14.8. The number of nitrogen functional groups attached to an aromatic ring is 1. The number of methoxy groups -OCH3 is 1. The number of nitrogens with two attached hydrogens (primary N) is 1. The molecule has 0 amide bonds. The van der Waals surface area contributed by atoms with Gasteiger partial charge in [-0.1, -0.05) is 6.92 Å². The Morgan fingerprint density at radius 3 is 2.82 bits per heavy atom. The quantitative estimate of drug-likeness (QED) is 0.845. The van der Waals surface area contributed by atoms with Crippen LogP contribution >= 0.6 is 11.5 Å². The van der Waals surface area contributed by atoms with Crippen molar-refractivity contribution < 1.29 is 9.47 Å². The number of rotatable bonds is 4. The Morgan fingerprint density at radius 1 is 1.41 bits per heavy atom. The lowest BCUT2D eigenvalue weighted by atomic mass is 10.3. The minimum Gasteiger partial charge on any atom is -0.497 e. The SMILES string of the molecule is CCc1nsc(Oc2ccc(OC)cc2N)n1. The van der Waals surface area contributed by atoms with Crippen molar-refractivity contribution in [2.45, 2.75) is 13.3 Å². The maximum absolute atomic E-state index is 5.84. The van der Waals surface area contributed by atoms with Gasteiger partial charge in [0.25, 0.3) is 5.19 Å². The highest BCUT2D eigenvalue weighted by molar-refractivity contribution is 7.07. The van der Waals surface area contributed by atoms with Crippen molar-refractivity contribution in [3.8, 4) is 16.7 Å². The molecule has 0 spiro atoms. The summed E-state index contributed by atoms with van der Waals surface area (Å²) in [6, 6.07) is 5.24. The first-order valence-corrected chi connectivity index (χ1v) is 5.94. The molecule has 0 aliphatic carbocycles. The molecule has 0 fully saturated rings. The topological polar surface area (TPSA) is 70.3 Å². The predicted octanol–water partition coefficient (Wildman–Crippen LogP) is 2.48. The molecule has 6 heteroatoms. The Balaban J connectivity index is 2.18. The van der Waals surface area contributed by atoms with E-state index in [1.807, 2.05) is 6.92 Å². The van der Waals surface area contributed by atoms with Crippen molar-refractivity contribution in [1.29, 1.82) is 0 Å². The van der Waals surface area contributed by atoms with E-state index < -0.39 is 0 Å². The number of nitrogens with zero attached hydrogens (tertiary/aromatic N) is 2. The third kappa shape index (κ3) is 2.65. The molecule has 2 aromatic rings. The lowest BCUT2D eigenvalue weighted by Gasteiger charge is -2.06. The highest BCUT2D eigenvalue weighted by atomic mass is 32.1. The number of aromatic nitrogens is 2. The molecule has 1 aromatic heterocycles. The van der Waals surface area contributed by atoms with Crippen LogP contribution in [0.2, 0.25) is 0 Å². The molecule has 0 unspecified atom stereocenters. The molecule has 0 saturated heterocycles. The fourth-order valence-electron chi connectivity index (χ4n) is 1.26. The van der Waals surface area contributed by atoms with Gasteiger partial charge in [-0.2, -0.15) is 9.36 Å². The summed E-state index contributed by atoms with van der Waals surface area (Å²) in [5.74, 6) is 2.03. The van der Waals surface area contributed by atoms with Gasteiger partial charge in [-0.05, 0) is 12.1 Å². The normalized spacial score (nSPS) is 10.2. The second-order valence-electron chi connectivity index (χ2n) is 3.34. The van der Waals surface area contributed by atoms with E-state index >= 15 is 0 Å². The van der Waals surface area contributed by atoms with Crippen LogP contribution in [-0.2, 0) is 6.42 Å². The Kier molecular flexibility index (Phi) is 3.43. The number of benzene rings is 1. The predicted molar refractivity (Wildman–Crippen MR) is 66.8 cm³/mol. The van der Waals surface area contributed by atoms with E-state index in [0.29, 0.717) is 22.4 Å². The molecule has 90 valence electrons. The lowest BCUT2D eigenvalue weighted by Crippen LogP contribution is -1.93. The molecule has 17 heavy (non-hydrogen) atoms. The molecule has 2 rings (SSSR count). The summed E-state index contributed by atoms with van der Waals surface area (Å²) in [6.07, 6.45) is 0.790. The van der Waals surface area contributed by atoms with Crippen LogP contribution in [-0.4, -0.2) is 16.5 Å². The van der Waals surface area contributed by atoms with Crippen molar-refractivity contribution in [2.75, 3.05) is 12.8 Å². The van der Waals surface area contributed by atoms with Crippen LogP contribution in [0.15, 0.2) is 18.2 Å². The summed E-state index contributed by atoms with van der Waals surface area (Å²) in [5, 5.41) is 0.499. The zero-order valence-electron chi connectivity index (χ0n) is 9.64. The average Bonchev–Trinajstić information content (AvgIpc) is 2.79. The van der Waals surface area contributed by atoms with Gasteiger partial charge in [-0.3, -0.25) is 0 Å². The van der Waals surface area contributed by atoms with E-state index in [-0.39, 0.29) is 0 Å². The van der Waals surface area contributed by atoms with E-state index in [0.717, 1.165) is 12.2 Å². The monoisotopic (exact) mass is 251 g/mol. The van der Waals surface area contributed by atoms with Crippen LogP contribution in [0.4, 0.5) is 5.69 Å². The molecule has 0 aliphatic heterocycles. The van der Waals surface area contributed by atoms with Gasteiger partial charge in [0.05, 0.1) is 12.8 Å². The second-order valence-corrected chi connectivity index (χ2v) is 4.05. The Morgan fingerprint density at radius 2 is 2.24 bits per heavy atom. The van der Waals surface area contributed by atoms with E-state index in [1.165, 1.54) is 11.5 Å². The summed E-state index contributed by atoms with van der Waals surface area (Å²) in [5.41, 5.74) is 6.35. The molecular weight excluding hydrogens is 238 g/mol. The molecule has 1 aromatic carbocycles. The van der Waals surface area contributed by atoms with Crippen molar-refractivity contribution in [1.82, 2.24) is 9.36 Å². The maximum Gasteiger partial charge on any atom is 0.298 e. The first kappa shape index (κ1) is 11.7. The highest BCUT2D eigenvalue weighted by Crippen LogP contribution is 2.31. The highest BCUT2D eigenvalue weighted by Gasteiger charge is 2.08. The summed E-state index contributed by atoms with van der Waals surface area (Å²) in [4.78, 5) is 4.21. The van der Waals surface area contributed by atoms with Crippen molar-refractivity contribution >= 4 is 17.2 Å². The Bertz CT molecular complexity index is 513. The van der Waals surface area contributed by atoms with Crippen LogP contribution < -0.4 is 15.2 Å². The molecule has 0 atom stereocenters.